The Balaban J connectivity index is 1.96. The summed E-state index contributed by atoms with van der Waals surface area (Å²) in [6.45, 7) is 9.05. The van der Waals surface area contributed by atoms with Gasteiger partial charge >= 0.3 is 0 Å². The van der Waals surface area contributed by atoms with E-state index < -0.39 is 0 Å². The van der Waals surface area contributed by atoms with Crippen LogP contribution in [0.1, 0.15) is 62.3 Å². The van der Waals surface area contributed by atoms with E-state index in [4.69, 9.17) is 0 Å². The molecule has 1 fully saturated rings. The molecular formula is C17H27N. The molecule has 1 saturated carbocycles. The molecule has 0 aromatic heterocycles. The van der Waals surface area contributed by atoms with Crippen molar-refractivity contribution in [2.45, 2.75) is 65.5 Å². The van der Waals surface area contributed by atoms with Crippen LogP contribution in [0.3, 0.4) is 0 Å². The second-order valence-corrected chi connectivity index (χ2v) is 6.27. The molecule has 0 aliphatic heterocycles. The summed E-state index contributed by atoms with van der Waals surface area (Å²) in [5, 5.41) is 3.81. The molecule has 1 nitrogen and oxygen atoms in total. The zero-order chi connectivity index (χ0) is 13.1. The van der Waals surface area contributed by atoms with Crippen LogP contribution >= 0.6 is 0 Å². The first kappa shape index (κ1) is 13.6. The van der Waals surface area contributed by atoms with Crippen molar-refractivity contribution < 1.29 is 0 Å². The van der Waals surface area contributed by atoms with Gasteiger partial charge in [0.1, 0.15) is 0 Å². The van der Waals surface area contributed by atoms with Crippen LogP contribution in [0, 0.1) is 19.8 Å². The summed E-state index contributed by atoms with van der Waals surface area (Å²) in [4.78, 5) is 0. The van der Waals surface area contributed by atoms with Crippen molar-refractivity contribution in [1.29, 1.82) is 0 Å². The zero-order valence-electron chi connectivity index (χ0n) is 12.3. The van der Waals surface area contributed by atoms with E-state index >= 15 is 0 Å². The standard InChI is InChI=1S/C17H27N/c1-12-5-7-17(8-6-12)18-15(4)16-10-13(2)9-14(3)11-16/h9-12,15,17-18H,5-8H2,1-4H3. The van der Waals surface area contributed by atoms with Gasteiger partial charge in [-0.2, -0.15) is 0 Å². The minimum Gasteiger partial charge on any atom is -0.307 e. The first-order chi connectivity index (χ1) is 8.54. The lowest BCUT2D eigenvalue weighted by molar-refractivity contribution is 0.291. The molecule has 1 atom stereocenters. The predicted molar refractivity (Wildman–Crippen MR) is 78.9 cm³/mol. The molecule has 0 saturated heterocycles. The van der Waals surface area contributed by atoms with Crippen LogP contribution in [0.15, 0.2) is 18.2 Å². The molecule has 1 aliphatic carbocycles. The summed E-state index contributed by atoms with van der Waals surface area (Å²) in [6.07, 6.45) is 5.46. The Hall–Kier alpha value is -0.820. The SMILES string of the molecule is Cc1cc(C)cc(C(C)NC2CCC(C)CC2)c1. The molecule has 18 heavy (non-hydrogen) atoms. The van der Waals surface area contributed by atoms with Crippen LogP contribution in [-0.2, 0) is 0 Å². The number of hydrogen-bond acceptors (Lipinski definition) is 1. The third-order valence-electron chi connectivity index (χ3n) is 4.25. The second-order valence-electron chi connectivity index (χ2n) is 6.27. The molecule has 0 amide bonds. The summed E-state index contributed by atoms with van der Waals surface area (Å²) in [5.74, 6) is 0.930. The number of aryl methyl sites for hydroxylation is 2. The van der Waals surface area contributed by atoms with Gasteiger partial charge in [-0.25, -0.2) is 0 Å². The van der Waals surface area contributed by atoms with Crippen molar-refractivity contribution in [2.75, 3.05) is 0 Å². The molecule has 0 spiro atoms. The van der Waals surface area contributed by atoms with Crippen molar-refractivity contribution in [1.82, 2.24) is 5.32 Å². The Labute approximate surface area is 112 Å². The van der Waals surface area contributed by atoms with Gasteiger partial charge in [0.2, 0.25) is 0 Å². The van der Waals surface area contributed by atoms with E-state index in [2.05, 4.69) is 51.2 Å². The van der Waals surface area contributed by atoms with Gasteiger partial charge < -0.3 is 5.32 Å². The maximum Gasteiger partial charge on any atom is 0.0294 e. The van der Waals surface area contributed by atoms with Crippen LogP contribution < -0.4 is 5.32 Å². The van der Waals surface area contributed by atoms with E-state index in [-0.39, 0.29) is 0 Å². The molecule has 1 unspecified atom stereocenters. The largest absolute Gasteiger partial charge is 0.307 e. The molecule has 1 aromatic carbocycles. The van der Waals surface area contributed by atoms with Crippen LogP contribution in [-0.4, -0.2) is 6.04 Å². The molecule has 100 valence electrons. The highest BCUT2D eigenvalue weighted by Gasteiger charge is 2.19. The second kappa shape index (κ2) is 5.88. The predicted octanol–water partition coefficient (Wildman–Crippen LogP) is 4.53. The zero-order valence-corrected chi connectivity index (χ0v) is 12.3. The van der Waals surface area contributed by atoms with Crippen LogP contribution in [0.5, 0.6) is 0 Å². The lowest BCUT2D eigenvalue weighted by atomic mass is 9.87. The fourth-order valence-electron chi connectivity index (χ4n) is 3.14. The van der Waals surface area contributed by atoms with E-state index in [1.165, 1.54) is 42.4 Å². The summed E-state index contributed by atoms with van der Waals surface area (Å²) in [7, 11) is 0. The van der Waals surface area contributed by atoms with E-state index in [1.54, 1.807) is 0 Å². The molecule has 1 aliphatic rings. The minimum absolute atomic E-state index is 0.474. The topological polar surface area (TPSA) is 12.0 Å². The summed E-state index contributed by atoms with van der Waals surface area (Å²) in [6, 6.07) is 8.07. The van der Waals surface area contributed by atoms with Crippen molar-refractivity contribution in [3.8, 4) is 0 Å². The Bertz CT molecular complexity index is 368. The molecule has 1 heteroatoms. The van der Waals surface area contributed by atoms with Crippen molar-refractivity contribution >= 4 is 0 Å². The average Bonchev–Trinajstić information content (AvgIpc) is 2.31. The van der Waals surface area contributed by atoms with Gasteiger partial charge in [-0.3, -0.25) is 0 Å². The van der Waals surface area contributed by atoms with E-state index in [0.29, 0.717) is 6.04 Å². The maximum absolute atomic E-state index is 3.81. The molecule has 0 radical (unpaired) electrons. The highest BCUT2D eigenvalue weighted by atomic mass is 14.9. The van der Waals surface area contributed by atoms with Crippen LogP contribution in [0.4, 0.5) is 0 Å². The monoisotopic (exact) mass is 245 g/mol. The van der Waals surface area contributed by atoms with Crippen molar-refractivity contribution in [3.05, 3.63) is 34.9 Å². The van der Waals surface area contributed by atoms with Gasteiger partial charge in [0.15, 0.2) is 0 Å². The molecule has 0 heterocycles. The van der Waals surface area contributed by atoms with Gasteiger partial charge in [-0.15, -0.1) is 0 Å². The Morgan fingerprint density at radius 2 is 1.56 bits per heavy atom. The normalized spacial score (nSPS) is 26.0. The van der Waals surface area contributed by atoms with Gasteiger partial charge in [-0.1, -0.05) is 36.2 Å². The highest BCUT2D eigenvalue weighted by molar-refractivity contribution is 5.30. The first-order valence-electron chi connectivity index (χ1n) is 7.39. The smallest absolute Gasteiger partial charge is 0.0294 e. The van der Waals surface area contributed by atoms with E-state index in [9.17, 15) is 0 Å². The van der Waals surface area contributed by atoms with Crippen LogP contribution in [0.2, 0.25) is 0 Å². The number of benzene rings is 1. The quantitative estimate of drug-likeness (QED) is 0.825. The molecule has 0 bridgehead atoms. The first-order valence-corrected chi connectivity index (χ1v) is 7.39. The lowest BCUT2D eigenvalue weighted by Gasteiger charge is -2.30. The Morgan fingerprint density at radius 3 is 2.11 bits per heavy atom. The number of hydrogen-bond donors (Lipinski definition) is 1. The summed E-state index contributed by atoms with van der Waals surface area (Å²) >= 11 is 0. The van der Waals surface area contributed by atoms with Gasteiger partial charge in [0.05, 0.1) is 0 Å². The minimum atomic E-state index is 0.474. The fraction of sp³-hybridized carbons (Fsp3) is 0.647. The van der Waals surface area contributed by atoms with Gasteiger partial charge in [-0.05, 0) is 57.9 Å². The van der Waals surface area contributed by atoms with Gasteiger partial charge in [0, 0.05) is 12.1 Å². The van der Waals surface area contributed by atoms with Crippen LogP contribution in [0.25, 0.3) is 0 Å². The van der Waals surface area contributed by atoms with E-state index in [0.717, 1.165) is 12.0 Å². The maximum atomic E-state index is 3.81. The number of nitrogens with one attached hydrogen (secondary N) is 1. The lowest BCUT2D eigenvalue weighted by Crippen LogP contribution is -2.34. The van der Waals surface area contributed by atoms with Gasteiger partial charge in [0.25, 0.3) is 0 Å². The van der Waals surface area contributed by atoms with E-state index in [1.807, 2.05) is 0 Å². The summed E-state index contributed by atoms with van der Waals surface area (Å²) < 4.78 is 0. The molecular weight excluding hydrogens is 218 g/mol. The molecule has 1 N–H and O–H groups in total. The third-order valence-corrected chi connectivity index (χ3v) is 4.25. The Morgan fingerprint density at radius 1 is 1.00 bits per heavy atom. The highest BCUT2D eigenvalue weighted by Crippen LogP contribution is 2.26. The molecule has 2 rings (SSSR count). The number of rotatable bonds is 3. The Kier molecular flexibility index (Phi) is 4.45. The summed E-state index contributed by atoms with van der Waals surface area (Å²) in [5.41, 5.74) is 4.18. The van der Waals surface area contributed by atoms with Crippen molar-refractivity contribution in [3.63, 3.8) is 0 Å². The fourth-order valence-corrected chi connectivity index (χ4v) is 3.14. The molecule has 1 aromatic rings. The third kappa shape index (κ3) is 3.58. The average molecular weight is 245 g/mol. The van der Waals surface area contributed by atoms with Crippen molar-refractivity contribution in [2.24, 2.45) is 5.92 Å².